The molecule has 4 aromatic rings. The highest BCUT2D eigenvalue weighted by atomic mass is 16.5. The van der Waals surface area contributed by atoms with Gasteiger partial charge in [0.2, 0.25) is 0 Å². The third-order valence-electron chi connectivity index (χ3n) is 7.01. The molecule has 0 spiro atoms. The van der Waals surface area contributed by atoms with Crippen LogP contribution in [0.2, 0.25) is 0 Å². The molecule has 0 radical (unpaired) electrons. The van der Waals surface area contributed by atoms with Gasteiger partial charge in [-0.1, -0.05) is 112 Å². The Labute approximate surface area is 221 Å². The Morgan fingerprint density at radius 3 is 1.30 bits per heavy atom. The van der Waals surface area contributed by atoms with E-state index in [-0.39, 0.29) is 5.41 Å². The van der Waals surface area contributed by atoms with Gasteiger partial charge in [0.25, 0.3) is 0 Å². The maximum atomic E-state index is 6.13. The zero-order valence-corrected chi connectivity index (χ0v) is 22.4. The summed E-state index contributed by atoms with van der Waals surface area (Å²) >= 11 is 0. The van der Waals surface area contributed by atoms with Gasteiger partial charge in [-0.25, -0.2) is 0 Å². The zero-order valence-electron chi connectivity index (χ0n) is 22.4. The Bertz CT molecular complexity index is 1270. The summed E-state index contributed by atoms with van der Waals surface area (Å²) in [6, 6.07) is 29.6. The standard InChI is InChI=1S/C35H36O2/c1-7-27-9-13-29(14-10-27)23-36-33-19-17-31(21-25(33)3)35(5,6)32-18-20-34(26(4)22-32)37-24-30-15-11-28(8-2)12-16-30/h7-22H,1-2,23-24H2,3-6H3. The second-order valence-electron chi connectivity index (χ2n) is 10.1. The molecule has 0 bridgehead atoms. The molecular formula is C35H36O2. The van der Waals surface area contributed by atoms with Crippen molar-refractivity contribution in [2.24, 2.45) is 0 Å². The predicted octanol–water partition coefficient (Wildman–Crippen LogP) is 9.07. The van der Waals surface area contributed by atoms with Gasteiger partial charge in [0.15, 0.2) is 0 Å². The normalized spacial score (nSPS) is 11.1. The average molecular weight is 489 g/mol. The Morgan fingerprint density at radius 1 is 0.595 bits per heavy atom. The van der Waals surface area contributed by atoms with Crippen LogP contribution in [0.5, 0.6) is 11.5 Å². The molecule has 0 aromatic heterocycles. The van der Waals surface area contributed by atoms with Gasteiger partial charge in [0.1, 0.15) is 24.7 Å². The average Bonchev–Trinajstić information content (AvgIpc) is 2.92. The fourth-order valence-corrected chi connectivity index (χ4v) is 4.39. The first-order valence-corrected chi connectivity index (χ1v) is 12.7. The minimum Gasteiger partial charge on any atom is -0.489 e. The third-order valence-corrected chi connectivity index (χ3v) is 7.01. The summed E-state index contributed by atoms with van der Waals surface area (Å²) in [7, 11) is 0. The number of rotatable bonds is 10. The number of aryl methyl sites for hydroxylation is 2. The van der Waals surface area contributed by atoms with Gasteiger partial charge in [0, 0.05) is 5.41 Å². The highest BCUT2D eigenvalue weighted by Crippen LogP contribution is 2.36. The van der Waals surface area contributed by atoms with E-state index in [1.54, 1.807) is 0 Å². The third kappa shape index (κ3) is 6.21. The van der Waals surface area contributed by atoms with Crippen LogP contribution in [0, 0.1) is 13.8 Å². The molecule has 0 saturated heterocycles. The van der Waals surface area contributed by atoms with Crippen LogP contribution in [0.15, 0.2) is 98.1 Å². The maximum absolute atomic E-state index is 6.13. The molecule has 0 unspecified atom stereocenters. The Balaban J connectivity index is 1.44. The first-order chi connectivity index (χ1) is 17.8. The SMILES string of the molecule is C=Cc1ccc(COc2ccc(C(C)(C)c3ccc(OCc4ccc(C=C)cc4)c(C)c3)cc2C)cc1. The van der Waals surface area contributed by atoms with Crippen molar-refractivity contribution in [1.82, 2.24) is 0 Å². The lowest BCUT2D eigenvalue weighted by molar-refractivity contribution is 0.303. The predicted molar refractivity (Wildman–Crippen MR) is 156 cm³/mol. The summed E-state index contributed by atoms with van der Waals surface area (Å²) in [5.41, 5.74) is 9.11. The first kappa shape index (κ1) is 26.0. The smallest absolute Gasteiger partial charge is 0.122 e. The van der Waals surface area contributed by atoms with Crippen LogP contribution in [0.25, 0.3) is 12.2 Å². The molecule has 0 atom stereocenters. The maximum Gasteiger partial charge on any atom is 0.122 e. The van der Waals surface area contributed by atoms with Gasteiger partial charge < -0.3 is 9.47 Å². The molecular weight excluding hydrogens is 452 g/mol. The second-order valence-corrected chi connectivity index (χ2v) is 10.1. The molecule has 2 nitrogen and oxygen atoms in total. The van der Waals surface area contributed by atoms with Crippen molar-refractivity contribution in [3.05, 3.63) is 143 Å². The number of ether oxygens (including phenoxy) is 2. The molecule has 37 heavy (non-hydrogen) atoms. The minimum absolute atomic E-state index is 0.159. The van der Waals surface area contributed by atoms with E-state index in [2.05, 4.69) is 126 Å². The molecule has 0 fully saturated rings. The summed E-state index contributed by atoms with van der Waals surface area (Å²) in [5, 5.41) is 0. The molecule has 0 N–H and O–H groups in total. The van der Waals surface area contributed by atoms with Gasteiger partial charge in [-0.05, 0) is 70.5 Å². The molecule has 0 aliphatic heterocycles. The van der Waals surface area contributed by atoms with Gasteiger partial charge in [-0.3, -0.25) is 0 Å². The molecule has 0 amide bonds. The summed E-state index contributed by atoms with van der Waals surface area (Å²) < 4.78 is 12.3. The van der Waals surface area contributed by atoms with Gasteiger partial charge in [0.05, 0.1) is 0 Å². The first-order valence-electron chi connectivity index (χ1n) is 12.7. The summed E-state index contributed by atoms with van der Waals surface area (Å²) in [4.78, 5) is 0. The van der Waals surface area contributed by atoms with Crippen LogP contribution in [-0.4, -0.2) is 0 Å². The van der Waals surface area contributed by atoms with Crippen LogP contribution in [0.3, 0.4) is 0 Å². The molecule has 0 saturated carbocycles. The van der Waals surface area contributed by atoms with Crippen molar-refractivity contribution in [3.63, 3.8) is 0 Å². The van der Waals surface area contributed by atoms with E-state index in [0.717, 1.165) is 44.9 Å². The van der Waals surface area contributed by atoms with E-state index in [4.69, 9.17) is 9.47 Å². The van der Waals surface area contributed by atoms with E-state index in [0.29, 0.717) is 13.2 Å². The second kappa shape index (κ2) is 11.3. The molecule has 188 valence electrons. The largest absolute Gasteiger partial charge is 0.489 e. The topological polar surface area (TPSA) is 18.5 Å². The molecule has 4 aromatic carbocycles. The minimum atomic E-state index is -0.159. The number of hydrogen-bond donors (Lipinski definition) is 0. The Kier molecular flexibility index (Phi) is 7.98. The Morgan fingerprint density at radius 2 is 0.973 bits per heavy atom. The quantitative estimate of drug-likeness (QED) is 0.222. The molecule has 0 aliphatic rings. The van der Waals surface area contributed by atoms with Crippen molar-refractivity contribution >= 4 is 12.2 Å². The fraction of sp³-hybridized carbons (Fsp3) is 0.200. The van der Waals surface area contributed by atoms with Gasteiger partial charge in [-0.2, -0.15) is 0 Å². The van der Waals surface area contributed by atoms with Crippen LogP contribution in [0.4, 0.5) is 0 Å². The molecule has 0 aliphatic carbocycles. The van der Waals surface area contributed by atoms with Crippen LogP contribution < -0.4 is 9.47 Å². The lowest BCUT2D eigenvalue weighted by Gasteiger charge is -2.28. The summed E-state index contributed by atoms with van der Waals surface area (Å²) in [6.45, 7) is 17.5. The monoisotopic (exact) mass is 488 g/mol. The van der Waals surface area contributed by atoms with Crippen molar-refractivity contribution in [2.45, 2.75) is 46.3 Å². The van der Waals surface area contributed by atoms with E-state index < -0.39 is 0 Å². The van der Waals surface area contributed by atoms with Crippen molar-refractivity contribution in [3.8, 4) is 11.5 Å². The van der Waals surface area contributed by atoms with Crippen molar-refractivity contribution in [2.75, 3.05) is 0 Å². The summed E-state index contributed by atoms with van der Waals surface area (Å²) in [5.74, 6) is 1.82. The molecule has 4 rings (SSSR count). The van der Waals surface area contributed by atoms with Crippen LogP contribution in [0.1, 0.15) is 58.4 Å². The molecule has 0 heterocycles. The van der Waals surface area contributed by atoms with Crippen LogP contribution >= 0.6 is 0 Å². The van der Waals surface area contributed by atoms with E-state index in [9.17, 15) is 0 Å². The Hall–Kier alpha value is -4.04. The van der Waals surface area contributed by atoms with Crippen LogP contribution in [-0.2, 0) is 18.6 Å². The molecule has 2 heteroatoms. The summed E-state index contributed by atoms with van der Waals surface area (Å²) in [6.07, 6.45) is 3.70. The highest BCUT2D eigenvalue weighted by Gasteiger charge is 2.24. The van der Waals surface area contributed by atoms with Crippen molar-refractivity contribution < 1.29 is 9.47 Å². The number of hydrogen-bond acceptors (Lipinski definition) is 2. The highest BCUT2D eigenvalue weighted by molar-refractivity contribution is 5.49. The number of benzene rings is 4. The van der Waals surface area contributed by atoms with E-state index in [1.807, 2.05) is 12.2 Å². The van der Waals surface area contributed by atoms with Gasteiger partial charge in [-0.15, -0.1) is 0 Å². The van der Waals surface area contributed by atoms with Crippen molar-refractivity contribution in [1.29, 1.82) is 0 Å². The fourth-order valence-electron chi connectivity index (χ4n) is 4.39. The zero-order chi connectivity index (χ0) is 26.4. The van der Waals surface area contributed by atoms with E-state index in [1.165, 1.54) is 11.1 Å². The van der Waals surface area contributed by atoms with E-state index >= 15 is 0 Å². The van der Waals surface area contributed by atoms with Gasteiger partial charge >= 0.3 is 0 Å². The lowest BCUT2D eigenvalue weighted by Crippen LogP contribution is -2.19. The lowest BCUT2D eigenvalue weighted by atomic mass is 9.77.